The molecule has 7 heterocycles. The third-order valence-corrected chi connectivity index (χ3v) is 15.3. The minimum absolute atomic E-state index is 0.0138. The molecule has 7 aromatic rings. The first kappa shape index (κ1) is 59.5. The lowest BCUT2D eigenvalue weighted by molar-refractivity contribution is -0.174. The highest BCUT2D eigenvalue weighted by atomic mass is 16.6. The second-order valence-electron chi connectivity index (χ2n) is 20.8. The van der Waals surface area contributed by atoms with Gasteiger partial charge in [0.05, 0.1) is 75.1 Å². The number of imide groups is 1. The number of benzene rings is 5. The van der Waals surface area contributed by atoms with E-state index >= 15 is 0 Å². The van der Waals surface area contributed by atoms with Crippen molar-refractivity contribution >= 4 is 121 Å². The van der Waals surface area contributed by atoms with E-state index in [1.54, 1.807) is 42.5 Å². The van der Waals surface area contributed by atoms with Gasteiger partial charge < -0.3 is 62.2 Å². The van der Waals surface area contributed by atoms with Crippen LogP contribution in [0.4, 0.5) is 39.8 Å². The Bertz CT molecular complexity index is 3850. The van der Waals surface area contributed by atoms with Crippen LogP contribution in [0.1, 0.15) is 43.7 Å². The first-order chi connectivity index (χ1) is 40.8. The fraction of sp³-hybridized carbons (Fsp3) is 0.254. The molecule has 2 aliphatic carbocycles. The summed E-state index contributed by atoms with van der Waals surface area (Å²) in [7, 11) is 0. The summed E-state index contributed by atoms with van der Waals surface area (Å²) in [6, 6.07) is 30.0. The number of nitrogen functional groups attached to an aromatic ring is 6. The first-order valence-electron chi connectivity index (χ1n) is 26.4. The largest absolute Gasteiger partial charge is 0.399 e. The topological polar surface area (TPSA) is 462 Å². The molecule has 14 rings (SSSR count). The number of nitrogens with two attached hydrogens (primary N) is 6. The molecule has 0 spiro atoms. The summed E-state index contributed by atoms with van der Waals surface area (Å²) in [5, 5.41) is -0.0726. The van der Waals surface area contributed by atoms with E-state index in [-0.39, 0.29) is 52.1 Å². The zero-order valence-corrected chi connectivity index (χ0v) is 45.1. The van der Waals surface area contributed by atoms with Gasteiger partial charge in [0.25, 0.3) is 0 Å². The number of hydrogen-bond donors (Lipinski definition) is 6. The van der Waals surface area contributed by atoms with Crippen LogP contribution >= 0.6 is 0 Å². The number of cyclic esters (lactones) is 8. The number of anilines is 7. The minimum atomic E-state index is -0.824. The van der Waals surface area contributed by atoms with Gasteiger partial charge in [0.15, 0.2) is 0 Å². The van der Waals surface area contributed by atoms with E-state index in [9.17, 15) is 67.1 Å². The SMILES string of the molecule is CCC1CC(=O)N(c2cc(N)cc(N)c2)C1=O.Nc1ccc(Cc2ccc(N)cc2)cc1.Nc1ccc(N)cc1.O=C1CC2C3CC(C(=O)OC3=O)C2C(=O)O1.O=C1OC(=O)C2C1C1C(=O)OC(=O)C21.O=c1oc(=O)c2cc3c(=O)oc(=O)c3cc12. The Morgan fingerprint density at radius 1 is 0.407 bits per heavy atom. The van der Waals surface area contributed by atoms with Crippen molar-refractivity contribution < 1.29 is 75.7 Å². The van der Waals surface area contributed by atoms with Crippen LogP contribution in [0, 0.1) is 53.3 Å². The lowest BCUT2D eigenvalue weighted by Crippen LogP contribution is -2.50. The molecule has 5 unspecified atom stereocenters. The standard InChI is InChI=1S/C13H14N2.C12H15N3O2.C10H8O6.C10H2O6.C8H4O6.C6H8N2/c14-12-5-1-10(2-6-12)9-11-3-7-13(15)8-4-11;1-2-7-3-11(16)15(12(7)17)10-5-8(13)4-9(14)6-10;11-6-2-3-4-1-5(7(3)10(14)15-6)9(13)16-8(4)12;11-7-3-1-4-6(10(14)16-8(4)12)2-5(3)9(13)15-7;9-5-1-2(6(10)13-5)4-3(1)7(11)14-8(4)12;7-5-1-2-6(8)4-3-5/h1-8H,9,14-15H2;4-7H,2-3,13-14H2,1H3;3-5,7H,1-2H2;1-2H;1-4H;1-4H,7-8H2. The van der Waals surface area contributed by atoms with Gasteiger partial charge in [0.2, 0.25) is 11.8 Å². The van der Waals surface area contributed by atoms with Crippen molar-refractivity contribution in [2.24, 2.45) is 53.3 Å². The number of esters is 8. The van der Waals surface area contributed by atoms with E-state index in [0.29, 0.717) is 29.9 Å². The Kier molecular flexibility index (Phi) is 16.6. The molecule has 2 saturated carbocycles. The molecule has 442 valence electrons. The summed E-state index contributed by atoms with van der Waals surface area (Å²) in [5.74, 6) is -11.4. The number of ether oxygens (including phenoxy) is 4. The molecule has 0 radical (unpaired) electrons. The summed E-state index contributed by atoms with van der Waals surface area (Å²) in [6.45, 7) is 1.90. The molecule has 27 nitrogen and oxygen atoms in total. The number of furan rings is 2. The van der Waals surface area contributed by atoms with Gasteiger partial charge in [0.1, 0.15) is 0 Å². The highest BCUT2D eigenvalue weighted by Crippen LogP contribution is 2.55. The Balaban J connectivity index is 0.000000125. The average molecular weight is 1180 g/mol. The molecule has 7 fully saturated rings. The summed E-state index contributed by atoms with van der Waals surface area (Å²) in [5.41, 5.74) is 37.0. The Morgan fingerprint density at radius 2 is 0.767 bits per heavy atom. The van der Waals surface area contributed by atoms with Gasteiger partial charge in [-0.05, 0) is 115 Å². The highest BCUT2D eigenvalue weighted by Gasteiger charge is 2.73. The van der Waals surface area contributed by atoms with Crippen LogP contribution in [0.15, 0.2) is 131 Å². The van der Waals surface area contributed by atoms with Crippen molar-refractivity contribution in [1.82, 2.24) is 0 Å². The molecule has 5 aromatic carbocycles. The monoisotopic (exact) mass is 1180 g/mol. The first-order valence-corrected chi connectivity index (χ1v) is 26.4. The quantitative estimate of drug-likeness (QED) is 0.0482. The number of amides is 2. The zero-order valence-electron chi connectivity index (χ0n) is 45.1. The molecular formula is C59H51N7O20. The Labute approximate surface area is 482 Å². The van der Waals surface area contributed by atoms with Crippen LogP contribution in [0.3, 0.4) is 0 Å². The predicted octanol–water partition coefficient (Wildman–Crippen LogP) is 1.97. The molecule has 86 heavy (non-hydrogen) atoms. The van der Waals surface area contributed by atoms with Gasteiger partial charge in [-0.3, -0.25) is 52.8 Å². The maximum atomic E-state index is 12.0. The van der Waals surface area contributed by atoms with Gasteiger partial charge in [-0.25, -0.2) is 19.2 Å². The molecule has 5 saturated heterocycles. The summed E-state index contributed by atoms with van der Waals surface area (Å²) >= 11 is 0. The van der Waals surface area contributed by atoms with E-state index in [4.69, 9.17) is 34.4 Å². The van der Waals surface area contributed by atoms with Crippen LogP contribution in [-0.4, -0.2) is 59.6 Å². The summed E-state index contributed by atoms with van der Waals surface area (Å²) in [6.07, 6.45) is 2.17. The molecule has 2 aromatic heterocycles. The van der Waals surface area contributed by atoms with Gasteiger partial charge in [-0.2, -0.15) is 0 Å². The number of carbonyl (C=O) groups excluding carboxylic acids is 10. The van der Waals surface area contributed by atoms with Crippen LogP contribution < -0.4 is 61.8 Å². The number of carbonyl (C=O) groups is 10. The fourth-order valence-electron chi connectivity index (χ4n) is 11.1. The van der Waals surface area contributed by atoms with Crippen LogP contribution in [0.2, 0.25) is 0 Å². The van der Waals surface area contributed by atoms with Crippen molar-refractivity contribution in [1.29, 1.82) is 0 Å². The fourth-order valence-corrected chi connectivity index (χ4v) is 11.1. The lowest BCUT2D eigenvalue weighted by Gasteiger charge is -2.33. The molecule has 7 aliphatic rings. The predicted molar refractivity (Wildman–Crippen MR) is 301 cm³/mol. The molecule has 2 bridgehead atoms. The average Bonchev–Trinajstić information content (AvgIpc) is 1.62. The third-order valence-electron chi connectivity index (χ3n) is 15.3. The van der Waals surface area contributed by atoms with Gasteiger partial charge >= 0.3 is 70.3 Å². The smallest absolute Gasteiger partial charge is 0.346 e. The van der Waals surface area contributed by atoms with Crippen LogP contribution in [0.5, 0.6) is 0 Å². The maximum Gasteiger partial charge on any atom is 0.346 e. The van der Waals surface area contributed by atoms with Crippen molar-refractivity contribution in [3.05, 3.63) is 156 Å². The summed E-state index contributed by atoms with van der Waals surface area (Å²) < 4.78 is 26.4. The molecule has 2 amide bonds. The molecule has 27 heteroatoms. The van der Waals surface area contributed by atoms with Crippen molar-refractivity contribution in [3.8, 4) is 0 Å². The number of hydrogen-bond acceptors (Lipinski definition) is 26. The molecule has 12 N–H and O–H groups in total. The molecular weight excluding hydrogens is 1130 g/mol. The van der Waals surface area contributed by atoms with E-state index < -0.39 is 118 Å². The number of nitrogens with zero attached hydrogens (tertiary/aromatic N) is 1. The second-order valence-corrected chi connectivity index (χ2v) is 20.8. The summed E-state index contributed by atoms with van der Waals surface area (Å²) in [4.78, 5) is 159. The van der Waals surface area contributed by atoms with E-state index in [1.807, 2.05) is 55.5 Å². The van der Waals surface area contributed by atoms with Crippen molar-refractivity contribution in [3.63, 3.8) is 0 Å². The Hall–Kier alpha value is -11.1. The minimum Gasteiger partial charge on any atom is -0.399 e. The second kappa shape index (κ2) is 24.0. The maximum absolute atomic E-state index is 12.0. The van der Waals surface area contributed by atoms with Crippen molar-refractivity contribution in [2.45, 2.75) is 39.0 Å². The van der Waals surface area contributed by atoms with Crippen molar-refractivity contribution in [2.75, 3.05) is 39.3 Å². The lowest BCUT2D eigenvalue weighted by atomic mass is 9.59. The molecule has 5 atom stereocenters. The van der Waals surface area contributed by atoms with Gasteiger partial charge in [0, 0.05) is 46.5 Å². The molecule has 5 aliphatic heterocycles. The van der Waals surface area contributed by atoms with Gasteiger partial charge in [-0.15, -0.1) is 0 Å². The van der Waals surface area contributed by atoms with E-state index in [1.165, 1.54) is 16.0 Å². The zero-order chi connectivity index (χ0) is 62.2. The normalized spacial score (nSPS) is 23.6. The van der Waals surface area contributed by atoms with E-state index in [2.05, 4.69) is 27.8 Å². The Morgan fingerprint density at radius 3 is 1.15 bits per heavy atom. The highest BCUT2D eigenvalue weighted by molar-refractivity contribution is 6.21. The van der Waals surface area contributed by atoms with E-state index in [0.717, 1.165) is 41.3 Å². The van der Waals surface area contributed by atoms with Gasteiger partial charge in [-0.1, -0.05) is 31.2 Å². The third kappa shape index (κ3) is 12.0. The number of rotatable bonds is 4. The van der Waals surface area contributed by atoms with Crippen LogP contribution in [0.25, 0.3) is 21.5 Å². The number of fused-ring (bicyclic) bond motifs is 11. The van der Waals surface area contributed by atoms with Crippen LogP contribution in [-0.2, 0) is 73.3 Å².